The van der Waals surface area contributed by atoms with Crippen molar-refractivity contribution in [2.75, 3.05) is 23.8 Å². The van der Waals surface area contributed by atoms with E-state index in [2.05, 4.69) is 9.97 Å². The summed E-state index contributed by atoms with van der Waals surface area (Å²) in [6.07, 6.45) is 0.328. The number of nitrogens with two attached hydrogens (primary N) is 3. The average molecular weight is 169 g/mol. The molecule has 0 fully saturated rings. The Morgan fingerprint density at radius 2 is 1.58 bits per heavy atom. The standard InChI is InChI=1S/C6H11N5O/c7-4-5(8)10-3(1-2-12)11-6(4)9/h12H,1-2,7H2,(H4,8,9,10,11). The summed E-state index contributed by atoms with van der Waals surface area (Å²) < 4.78 is 0. The molecule has 0 saturated heterocycles. The summed E-state index contributed by atoms with van der Waals surface area (Å²) in [6, 6.07) is 0. The van der Waals surface area contributed by atoms with Gasteiger partial charge in [0.2, 0.25) is 0 Å². The zero-order valence-corrected chi connectivity index (χ0v) is 6.49. The van der Waals surface area contributed by atoms with Crippen LogP contribution in [0, 0.1) is 0 Å². The Bertz CT molecular complexity index is 264. The van der Waals surface area contributed by atoms with Gasteiger partial charge in [-0.25, -0.2) is 9.97 Å². The van der Waals surface area contributed by atoms with Crippen LogP contribution in [0.25, 0.3) is 0 Å². The maximum absolute atomic E-state index is 8.58. The molecule has 1 rings (SSSR count). The van der Waals surface area contributed by atoms with Crippen LogP contribution in [-0.2, 0) is 6.42 Å². The van der Waals surface area contributed by atoms with E-state index in [4.69, 9.17) is 22.3 Å². The molecule has 7 N–H and O–H groups in total. The van der Waals surface area contributed by atoms with E-state index in [9.17, 15) is 0 Å². The highest BCUT2D eigenvalue weighted by Crippen LogP contribution is 2.17. The number of anilines is 3. The zero-order chi connectivity index (χ0) is 9.14. The van der Waals surface area contributed by atoms with Gasteiger partial charge >= 0.3 is 0 Å². The molecule has 0 atom stereocenters. The smallest absolute Gasteiger partial charge is 0.152 e. The van der Waals surface area contributed by atoms with Crippen molar-refractivity contribution in [3.05, 3.63) is 5.82 Å². The van der Waals surface area contributed by atoms with Crippen LogP contribution in [0.15, 0.2) is 0 Å². The summed E-state index contributed by atoms with van der Waals surface area (Å²) in [5, 5.41) is 8.58. The minimum atomic E-state index is -0.0389. The number of nitrogen functional groups attached to an aromatic ring is 3. The average Bonchev–Trinajstić information content (AvgIpc) is 2.01. The fourth-order valence-electron chi connectivity index (χ4n) is 0.767. The molecule has 0 unspecified atom stereocenters. The molecule has 0 saturated carbocycles. The molecule has 0 radical (unpaired) electrons. The largest absolute Gasteiger partial charge is 0.396 e. The van der Waals surface area contributed by atoms with E-state index in [1.165, 1.54) is 0 Å². The molecular weight excluding hydrogens is 158 g/mol. The fourth-order valence-corrected chi connectivity index (χ4v) is 0.767. The lowest BCUT2D eigenvalue weighted by Gasteiger charge is -2.04. The van der Waals surface area contributed by atoms with Crippen molar-refractivity contribution in [2.24, 2.45) is 0 Å². The third-order valence-corrected chi connectivity index (χ3v) is 1.39. The van der Waals surface area contributed by atoms with E-state index in [1.807, 2.05) is 0 Å². The van der Waals surface area contributed by atoms with E-state index in [-0.39, 0.29) is 23.9 Å². The Morgan fingerprint density at radius 1 is 1.08 bits per heavy atom. The highest BCUT2D eigenvalue weighted by atomic mass is 16.3. The first-order valence-electron chi connectivity index (χ1n) is 3.43. The summed E-state index contributed by atoms with van der Waals surface area (Å²) in [5.41, 5.74) is 16.4. The summed E-state index contributed by atoms with van der Waals surface area (Å²) in [7, 11) is 0. The Kier molecular flexibility index (Phi) is 2.29. The molecule has 12 heavy (non-hydrogen) atoms. The second-order valence-electron chi connectivity index (χ2n) is 2.30. The molecule has 6 nitrogen and oxygen atoms in total. The third kappa shape index (κ3) is 1.54. The van der Waals surface area contributed by atoms with Crippen LogP contribution in [0.1, 0.15) is 5.82 Å². The second kappa shape index (κ2) is 3.22. The molecule has 0 aliphatic carbocycles. The van der Waals surface area contributed by atoms with Crippen molar-refractivity contribution < 1.29 is 5.11 Å². The molecule has 1 heterocycles. The lowest BCUT2D eigenvalue weighted by atomic mass is 10.4. The quantitative estimate of drug-likeness (QED) is 0.439. The summed E-state index contributed by atoms with van der Waals surface area (Å²) in [5.74, 6) is 0.721. The lowest BCUT2D eigenvalue weighted by molar-refractivity contribution is 0.297. The lowest BCUT2D eigenvalue weighted by Crippen LogP contribution is -2.09. The predicted molar refractivity (Wildman–Crippen MR) is 46.1 cm³/mol. The van der Waals surface area contributed by atoms with Crippen molar-refractivity contribution in [3.63, 3.8) is 0 Å². The van der Waals surface area contributed by atoms with E-state index in [0.29, 0.717) is 12.2 Å². The normalized spacial score (nSPS) is 10.1. The fraction of sp³-hybridized carbons (Fsp3) is 0.333. The first-order chi connectivity index (χ1) is 5.65. The predicted octanol–water partition coefficient (Wildman–Crippen LogP) is -1.24. The van der Waals surface area contributed by atoms with Crippen LogP contribution in [0.3, 0.4) is 0 Å². The van der Waals surface area contributed by atoms with Gasteiger partial charge in [0.05, 0.1) is 6.61 Å². The minimum Gasteiger partial charge on any atom is -0.396 e. The Hall–Kier alpha value is -1.56. The van der Waals surface area contributed by atoms with Gasteiger partial charge in [-0.3, -0.25) is 0 Å². The Morgan fingerprint density at radius 3 is 2.00 bits per heavy atom. The van der Waals surface area contributed by atoms with E-state index < -0.39 is 0 Å². The second-order valence-corrected chi connectivity index (χ2v) is 2.30. The van der Waals surface area contributed by atoms with E-state index in [1.54, 1.807) is 0 Å². The van der Waals surface area contributed by atoms with Crippen LogP contribution in [0.2, 0.25) is 0 Å². The molecule has 1 aromatic heterocycles. The number of aliphatic hydroxyl groups excluding tert-OH is 1. The minimum absolute atomic E-state index is 0.0389. The van der Waals surface area contributed by atoms with Gasteiger partial charge in [-0.15, -0.1) is 0 Å². The molecular formula is C6H11N5O. The van der Waals surface area contributed by atoms with E-state index in [0.717, 1.165) is 0 Å². The topological polar surface area (TPSA) is 124 Å². The van der Waals surface area contributed by atoms with Crippen LogP contribution < -0.4 is 17.2 Å². The molecule has 0 aromatic carbocycles. The van der Waals surface area contributed by atoms with E-state index >= 15 is 0 Å². The van der Waals surface area contributed by atoms with Crippen molar-refractivity contribution in [1.29, 1.82) is 0 Å². The van der Waals surface area contributed by atoms with Gasteiger partial charge in [0.25, 0.3) is 0 Å². The number of aromatic nitrogens is 2. The molecule has 0 aliphatic heterocycles. The van der Waals surface area contributed by atoms with Crippen molar-refractivity contribution >= 4 is 17.3 Å². The summed E-state index contributed by atoms with van der Waals surface area (Å²) >= 11 is 0. The van der Waals surface area contributed by atoms with Gasteiger partial charge in [-0.05, 0) is 0 Å². The summed E-state index contributed by atoms with van der Waals surface area (Å²) in [4.78, 5) is 7.65. The summed E-state index contributed by atoms with van der Waals surface area (Å²) in [6.45, 7) is -0.0389. The third-order valence-electron chi connectivity index (χ3n) is 1.39. The number of hydrogen-bond donors (Lipinski definition) is 4. The molecule has 1 aromatic rings. The molecule has 6 heteroatoms. The SMILES string of the molecule is Nc1nc(CCO)nc(N)c1N. The zero-order valence-electron chi connectivity index (χ0n) is 6.49. The van der Waals surface area contributed by atoms with Crippen LogP contribution in [0.5, 0.6) is 0 Å². The number of nitrogens with zero attached hydrogens (tertiary/aromatic N) is 2. The molecule has 0 aliphatic rings. The monoisotopic (exact) mass is 169 g/mol. The van der Waals surface area contributed by atoms with Crippen LogP contribution in [-0.4, -0.2) is 21.7 Å². The number of rotatable bonds is 2. The van der Waals surface area contributed by atoms with Crippen molar-refractivity contribution in [1.82, 2.24) is 9.97 Å². The molecule has 0 amide bonds. The first-order valence-corrected chi connectivity index (χ1v) is 3.43. The van der Waals surface area contributed by atoms with Crippen molar-refractivity contribution in [3.8, 4) is 0 Å². The Labute approximate surface area is 69.4 Å². The van der Waals surface area contributed by atoms with Gasteiger partial charge < -0.3 is 22.3 Å². The van der Waals surface area contributed by atoms with Crippen LogP contribution in [0.4, 0.5) is 17.3 Å². The van der Waals surface area contributed by atoms with Crippen molar-refractivity contribution in [2.45, 2.75) is 6.42 Å². The van der Waals surface area contributed by atoms with Crippen LogP contribution >= 0.6 is 0 Å². The molecule has 0 bridgehead atoms. The molecule has 66 valence electrons. The number of aliphatic hydroxyl groups is 1. The van der Waals surface area contributed by atoms with Gasteiger partial charge in [-0.2, -0.15) is 0 Å². The highest BCUT2D eigenvalue weighted by molar-refractivity contribution is 5.70. The van der Waals surface area contributed by atoms with Gasteiger partial charge in [-0.1, -0.05) is 0 Å². The Balaban J connectivity index is 3.04. The van der Waals surface area contributed by atoms with Gasteiger partial charge in [0, 0.05) is 6.42 Å². The first kappa shape index (κ1) is 8.54. The van der Waals surface area contributed by atoms with Gasteiger partial charge in [0.15, 0.2) is 11.6 Å². The molecule has 0 spiro atoms. The highest BCUT2D eigenvalue weighted by Gasteiger charge is 2.05. The van der Waals surface area contributed by atoms with Gasteiger partial charge in [0.1, 0.15) is 11.5 Å². The maximum Gasteiger partial charge on any atom is 0.152 e. The number of hydrogen-bond acceptors (Lipinski definition) is 6. The maximum atomic E-state index is 8.58.